The van der Waals surface area contributed by atoms with Gasteiger partial charge in [0.1, 0.15) is 11.8 Å². The van der Waals surface area contributed by atoms with Crippen LogP contribution in [0.5, 0.6) is 11.5 Å². The van der Waals surface area contributed by atoms with Crippen LogP contribution in [0, 0.1) is 32.8 Å². The van der Waals surface area contributed by atoms with Gasteiger partial charge >= 0.3 is 0 Å². The summed E-state index contributed by atoms with van der Waals surface area (Å²) >= 11 is 0. The Hall–Kier alpha value is -4.13. The lowest BCUT2D eigenvalue weighted by Gasteiger charge is -2.42. The number of benzene rings is 2. The number of anilines is 1. The van der Waals surface area contributed by atoms with Crippen LogP contribution in [0.1, 0.15) is 71.9 Å². The molecule has 0 radical (unpaired) electrons. The Kier molecular flexibility index (Phi) is 13.6. The number of nitro benzene ring substituents is 1. The molecule has 2 aromatic carbocycles. The van der Waals surface area contributed by atoms with Gasteiger partial charge in [-0.25, -0.2) is 4.67 Å². The number of nitrogens with zero attached hydrogens (tertiary/aromatic N) is 7. The van der Waals surface area contributed by atoms with Gasteiger partial charge in [-0.2, -0.15) is 10.5 Å². The summed E-state index contributed by atoms with van der Waals surface area (Å²) in [6.07, 6.45) is 6.06. The number of hydrogen-bond donors (Lipinski definition) is 0. The maximum absolute atomic E-state index is 11.2. The summed E-state index contributed by atoms with van der Waals surface area (Å²) in [5.41, 5.74) is 1.74. The molecule has 0 saturated carbocycles. The zero-order valence-electron chi connectivity index (χ0n) is 28.4. The van der Waals surface area contributed by atoms with Crippen molar-refractivity contribution in [2.75, 3.05) is 38.9 Å². The Morgan fingerprint density at radius 3 is 2.34 bits per heavy atom. The lowest BCUT2D eigenvalue weighted by molar-refractivity contribution is -0.384. The van der Waals surface area contributed by atoms with Crippen LogP contribution in [0.4, 0.5) is 22.7 Å². The molecule has 1 aliphatic heterocycles. The van der Waals surface area contributed by atoms with E-state index >= 15 is 0 Å². The van der Waals surface area contributed by atoms with Crippen molar-refractivity contribution >= 4 is 37.4 Å². The second-order valence-corrected chi connectivity index (χ2v) is 13.3. The van der Waals surface area contributed by atoms with Gasteiger partial charge in [-0.15, -0.1) is 10.2 Å². The number of nitro groups is 1. The highest BCUT2D eigenvalue weighted by atomic mass is 31.2. The summed E-state index contributed by atoms with van der Waals surface area (Å²) in [4.78, 5) is 12.9. The molecular formula is C33H44N7O6P. The molecule has 252 valence electrons. The second-order valence-electron chi connectivity index (χ2n) is 11.9. The monoisotopic (exact) mass is 665 g/mol. The van der Waals surface area contributed by atoms with Crippen molar-refractivity contribution in [2.24, 2.45) is 10.2 Å². The summed E-state index contributed by atoms with van der Waals surface area (Å²) in [7, 11) is 1.79. The Morgan fingerprint density at radius 2 is 1.74 bits per heavy atom. The zero-order chi connectivity index (χ0) is 34.7. The molecule has 1 aliphatic rings. The molecule has 0 aliphatic carbocycles. The van der Waals surface area contributed by atoms with Gasteiger partial charge in [0.15, 0.2) is 17.2 Å². The van der Waals surface area contributed by atoms with Gasteiger partial charge in [0.05, 0.1) is 61.6 Å². The number of hydrogen-bond acceptors (Lipinski definition) is 12. The highest BCUT2D eigenvalue weighted by Gasteiger charge is 2.33. The van der Waals surface area contributed by atoms with Crippen LogP contribution in [0.25, 0.3) is 6.08 Å². The van der Waals surface area contributed by atoms with Gasteiger partial charge in [-0.05, 0) is 60.5 Å². The average molecular weight is 666 g/mol. The summed E-state index contributed by atoms with van der Waals surface area (Å²) < 4.78 is 26.1. The number of methoxy groups -OCH3 is 2. The maximum atomic E-state index is 11.2. The Labute approximate surface area is 278 Å². The van der Waals surface area contributed by atoms with E-state index in [1.54, 1.807) is 7.11 Å². The van der Waals surface area contributed by atoms with E-state index in [1.807, 2.05) is 18.2 Å². The third-order valence-corrected chi connectivity index (χ3v) is 9.62. The fourth-order valence-corrected chi connectivity index (χ4v) is 6.94. The lowest BCUT2D eigenvalue weighted by atomic mass is 9.92. The van der Waals surface area contributed by atoms with Crippen LogP contribution in [0.3, 0.4) is 0 Å². The largest absolute Gasteiger partial charge is 0.494 e. The molecule has 1 atom stereocenters. The van der Waals surface area contributed by atoms with Gasteiger partial charge in [-0.3, -0.25) is 10.1 Å². The molecule has 0 spiro atoms. The number of rotatable bonds is 17. The van der Waals surface area contributed by atoms with E-state index in [9.17, 15) is 15.4 Å². The van der Waals surface area contributed by atoms with Crippen molar-refractivity contribution in [3.8, 4) is 23.6 Å². The molecule has 1 unspecified atom stereocenters. The van der Waals surface area contributed by atoms with Crippen molar-refractivity contribution in [3.05, 3.63) is 51.6 Å². The quantitative estimate of drug-likeness (QED) is 0.0526. The standard InChI is InChI=1S/C33H44N7O6P/c1-23(2)39(24(3)4)47(46-19-11-16-34)45-18-10-9-17-38-29-21-30(43-7)31(32(44-8)27(29)14-15-33(38,5)6)37-36-28-13-12-26(40(41)42)20-25(28)22-35/h12-15,20-21,23-24H,9-11,17-19H2,1-8H3. The summed E-state index contributed by atoms with van der Waals surface area (Å²) in [6.45, 7) is 14.3. The topological polar surface area (TPSA) is 159 Å². The van der Waals surface area contributed by atoms with E-state index in [2.05, 4.69) is 73.5 Å². The predicted octanol–water partition coefficient (Wildman–Crippen LogP) is 8.58. The number of ether oxygens (including phenoxy) is 2. The van der Waals surface area contributed by atoms with Gasteiger partial charge in [0, 0.05) is 42.4 Å². The Bertz CT molecular complexity index is 1540. The third-order valence-electron chi connectivity index (χ3n) is 7.51. The lowest BCUT2D eigenvalue weighted by Crippen LogP contribution is -2.45. The van der Waals surface area contributed by atoms with Crippen LogP contribution < -0.4 is 14.4 Å². The first-order valence-electron chi connectivity index (χ1n) is 15.5. The fraction of sp³-hybridized carbons (Fsp3) is 0.515. The second kappa shape index (κ2) is 17.1. The molecule has 3 rings (SSSR count). The van der Waals surface area contributed by atoms with Crippen LogP contribution in [-0.4, -0.2) is 61.2 Å². The normalized spacial score (nSPS) is 14.4. The highest BCUT2D eigenvalue weighted by molar-refractivity contribution is 7.44. The first-order chi connectivity index (χ1) is 22.4. The van der Waals surface area contributed by atoms with E-state index in [-0.39, 0.29) is 34.6 Å². The van der Waals surface area contributed by atoms with E-state index in [0.29, 0.717) is 36.8 Å². The van der Waals surface area contributed by atoms with Crippen LogP contribution in [0.2, 0.25) is 0 Å². The number of unbranched alkanes of at least 4 members (excludes halogenated alkanes) is 1. The third kappa shape index (κ3) is 9.24. The molecule has 0 aromatic heterocycles. The number of azo groups is 1. The molecule has 0 fully saturated rings. The number of non-ortho nitro benzene ring substituents is 1. The first-order valence-corrected chi connectivity index (χ1v) is 16.6. The van der Waals surface area contributed by atoms with Crippen molar-refractivity contribution in [1.29, 1.82) is 10.5 Å². The highest BCUT2D eigenvalue weighted by Crippen LogP contribution is 2.50. The number of fused-ring (bicyclic) bond motifs is 1. The molecule has 0 amide bonds. The van der Waals surface area contributed by atoms with Crippen LogP contribution in [0.15, 0.2) is 40.6 Å². The minimum Gasteiger partial charge on any atom is -0.494 e. The minimum atomic E-state index is -1.30. The van der Waals surface area contributed by atoms with Crippen molar-refractivity contribution in [1.82, 2.24) is 4.67 Å². The van der Waals surface area contributed by atoms with E-state index < -0.39 is 13.4 Å². The SMILES string of the molecule is COc1cc2c(c(OC)c1N=Nc1ccc([N+](=O)[O-])cc1C#N)C=CC(C)(C)N2CCCCOP(OCCC#N)N(C(C)C)C(C)C. The van der Waals surface area contributed by atoms with Crippen LogP contribution in [-0.2, 0) is 9.05 Å². The van der Waals surface area contributed by atoms with Crippen molar-refractivity contribution < 1.29 is 23.4 Å². The van der Waals surface area contributed by atoms with E-state index in [1.165, 1.54) is 19.2 Å². The average Bonchev–Trinajstić information content (AvgIpc) is 3.02. The molecule has 0 saturated heterocycles. The molecular weight excluding hydrogens is 621 g/mol. The predicted molar refractivity (Wildman–Crippen MR) is 182 cm³/mol. The van der Waals surface area contributed by atoms with Crippen LogP contribution >= 0.6 is 8.53 Å². The Balaban J connectivity index is 1.84. The summed E-state index contributed by atoms with van der Waals surface area (Å²) in [5, 5.41) is 38.3. The molecule has 13 nitrogen and oxygen atoms in total. The molecule has 47 heavy (non-hydrogen) atoms. The number of nitriles is 2. The Morgan fingerprint density at radius 1 is 1.04 bits per heavy atom. The molecule has 0 bridgehead atoms. The molecule has 1 heterocycles. The van der Waals surface area contributed by atoms with Crippen molar-refractivity contribution in [3.63, 3.8) is 0 Å². The van der Waals surface area contributed by atoms with E-state index in [4.69, 9.17) is 23.8 Å². The molecule has 14 heteroatoms. The van der Waals surface area contributed by atoms with Gasteiger partial charge < -0.3 is 23.4 Å². The zero-order valence-corrected chi connectivity index (χ0v) is 29.3. The fourth-order valence-electron chi connectivity index (χ4n) is 5.31. The smallest absolute Gasteiger partial charge is 0.270 e. The summed E-state index contributed by atoms with van der Waals surface area (Å²) in [6, 6.07) is 10.3. The summed E-state index contributed by atoms with van der Waals surface area (Å²) in [5.74, 6) is 0.873. The van der Waals surface area contributed by atoms with E-state index in [0.717, 1.165) is 36.7 Å². The van der Waals surface area contributed by atoms with Gasteiger partial charge in [-0.1, -0.05) is 12.2 Å². The van der Waals surface area contributed by atoms with Crippen molar-refractivity contribution in [2.45, 2.75) is 78.4 Å². The minimum absolute atomic E-state index is 0.0260. The van der Waals surface area contributed by atoms with Gasteiger partial charge in [0.25, 0.3) is 14.2 Å². The van der Waals surface area contributed by atoms with Gasteiger partial charge in [0.2, 0.25) is 0 Å². The molecule has 0 N–H and O–H groups in total. The maximum Gasteiger partial charge on any atom is 0.270 e. The first kappa shape index (κ1) is 37.3. The molecule has 2 aromatic rings.